The largest absolute Gasteiger partial charge is 0.316 e. The van der Waals surface area contributed by atoms with Crippen LogP contribution in [-0.4, -0.2) is 13.1 Å². The van der Waals surface area contributed by atoms with Gasteiger partial charge in [-0.1, -0.05) is 31.7 Å². The predicted octanol–water partition coefficient (Wildman–Crippen LogP) is 4.49. The van der Waals surface area contributed by atoms with Crippen LogP contribution < -0.4 is 5.32 Å². The van der Waals surface area contributed by atoms with Crippen LogP contribution in [0.1, 0.15) is 49.8 Å². The van der Waals surface area contributed by atoms with Crippen molar-refractivity contribution in [3.63, 3.8) is 0 Å². The molecule has 2 aliphatic carbocycles. The summed E-state index contributed by atoms with van der Waals surface area (Å²) in [7, 11) is 2.16. The first-order valence-corrected chi connectivity index (χ1v) is 8.94. The van der Waals surface area contributed by atoms with Crippen LogP contribution in [-0.2, 0) is 6.42 Å². The van der Waals surface area contributed by atoms with Crippen molar-refractivity contribution in [1.29, 1.82) is 0 Å². The predicted molar refractivity (Wildman–Crippen MR) is 83.7 cm³/mol. The highest BCUT2D eigenvalue weighted by Gasteiger charge is 2.34. The molecule has 1 heterocycles. The summed E-state index contributed by atoms with van der Waals surface area (Å²) in [5.74, 6) is 3.03. The third-order valence-electron chi connectivity index (χ3n) is 5.52. The third kappa shape index (κ3) is 3.22. The first-order valence-electron chi connectivity index (χ1n) is 8.06. The molecule has 1 nitrogen and oxygen atoms in total. The van der Waals surface area contributed by atoms with Crippen LogP contribution in [0.5, 0.6) is 0 Å². The van der Waals surface area contributed by atoms with Gasteiger partial charge in [-0.15, -0.1) is 11.3 Å². The molecule has 3 rings (SSSR count). The Balaban J connectivity index is 1.60. The standard InChI is InChI=1S/C17H27NS/c1-18-17(12-16-7-4-10-19-16)15-9-8-13-5-2-3-6-14(13)11-15/h4,7,10,13-15,17-18H,2-3,5-6,8-9,11-12H2,1H3. The lowest BCUT2D eigenvalue weighted by Gasteiger charge is -2.42. The molecular formula is C17H27NS. The molecule has 4 unspecified atom stereocenters. The molecular weight excluding hydrogens is 250 g/mol. The number of nitrogens with one attached hydrogen (secondary N) is 1. The van der Waals surface area contributed by atoms with Gasteiger partial charge in [-0.25, -0.2) is 0 Å². The lowest BCUT2D eigenvalue weighted by atomic mass is 9.66. The topological polar surface area (TPSA) is 12.0 Å². The SMILES string of the molecule is CNC(Cc1cccs1)C1CCC2CCCCC2C1. The van der Waals surface area contributed by atoms with Gasteiger partial charge in [0.15, 0.2) is 0 Å². The van der Waals surface area contributed by atoms with Crippen molar-refractivity contribution in [2.24, 2.45) is 17.8 Å². The first-order chi connectivity index (χ1) is 9.36. The van der Waals surface area contributed by atoms with Gasteiger partial charge >= 0.3 is 0 Å². The maximum absolute atomic E-state index is 3.61. The number of likely N-dealkylation sites (N-methyl/N-ethyl adjacent to an activating group) is 1. The highest BCUT2D eigenvalue weighted by molar-refractivity contribution is 7.09. The summed E-state index contributed by atoms with van der Waals surface area (Å²) in [4.78, 5) is 1.55. The summed E-state index contributed by atoms with van der Waals surface area (Å²) >= 11 is 1.91. The van der Waals surface area contributed by atoms with Gasteiger partial charge in [0, 0.05) is 10.9 Å². The van der Waals surface area contributed by atoms with Crippen LogP contribution in [0.25, 0.3) is 0 Å². The lowest BCUT2D eigenvalue weighted by Crippen LogP contribution is -2.40. The number of hydrogen-bond donors (Lipinski definition) is 1. The summed E-state index contributed by atoms with van der Waals surface area (Å²) in [5.41, 5.74) is 0. The normalized spacial score (nSPS) is 32.8. The van der Waals surface area contributed by atoms with Gasteiger partial charge in [-0.2, -0.15) is 0 Å². The van der Waals surface area contributed by atoms with Crippen LogP contribution in [0.4, 0.5) is 0 Å². The second-order valence-corrected chi connectivity index (χ2v) is 7.59. The van der Waals surface area contributed by atoms with Crippen molar-refractivity contribution in [3.05, 3.63) is 22.4 Å². The van der Waals surface area contributed by atoms with Gasteiger partial charge in [0.25, 0.3) is 0 Å². The molecule has 0 aliphatic heterocycles. The van der Waals surface area contributed by atoms with Gasteiger partial charge in [0.2, 0.25) is 0 Å². The second kappa shape index (κ2) is 6.41. The summed E-state index contributed by atoms with van der Waals surface area (Å²) in [5, 5.41) is 5.82. The summed E-state index contributed by atoms with van der Waals surface area (Å²) in [6, 6.07) is 5.17. The quantitative estimate of drug-likeness (QED) is 0.855. The molecule has 0 saturated heterocycles. The molecule has 2 aliphatic rings. The summed E-state index contributed by atoms with van der Waals surface area (Å²) in [6.07, 6.45) is 11.7. The van der Waals surface area contributed by atoms with Crippen molar-refractivity contribution in [2.75, 3.05) is 7.05 Å². The van der Waals surface area contributed by atoms with Crippen molar-refractivity contribution < 1.29 is 0 Å². The van der Waals surface area contributed by atoms with Gasteiger partial charge in [0.1, 0.15) is 0 Å². The van der Waals surface area contributed by atoms with Crippen molar-refractivity contribution >= 4 is 11.3 Å². The van der Waals surface area contributed by atoms with E-state index in [-0.39, 0.29) is 0 Å². The minimum absolute atomic E-state index is 0.696. The Morgan fingerprint density at radius 1 is 1.21 bits per heavy atom. The summed E-state index contributed by atoms with van der Waals surface area (Å²) in [6.45, 7) is 0. The highest BCUT2D eigenvalue weighted by atomic mass is 32.1. The lowest BCUT2D eigenvalue weighted by molar-refractivity contribution is 0.111. The first kappa shape index (κ1) is 13.6. The van der Waals surface area contributed by atoms with E-state index in [4.69, 9.17) is 0 Å². The molecule has 2 fully saturated rings. The molecule has 1 aromatic heterocycles. The zero-order valence-corrected chi connectivity index (χ0v) is 12.9. The Morgan fingerprint density at radius 3 is 2.79 bits per heavy atom. The summed E-state index contributed by atoms with van der Waals surface area (Å²) < 4.78 is 0. The van der Waals surface area contributed by atoms with E-state index >= 15 is 0 Å². The van der Waals surface area contributed by atoms with Crippen molar-refractivity contribution in [3.8, 4) is 0 Å². The molecule has 2 saturated carbocycles. The molecule has 2 heteroatoms. The van der Waals surface area contributed by atoms with E-state index in [0.717, 1.165) is 17.8 Å². The highest BCUT2D eigenvalue weighted by Crippen LogP contribution is 2.43. The van der Waals surface area contributed by atoms with Gasteiger partial charge < -0.3 is 5.32 Å². The van der Waals surface area contributed by atoms with Gasteiger partial charge in [0.05, 0.1) is 0 Å². The fraction of sp³-hybridized carbons (Fsp3) is 0.765. The van der Waals surface area contributed by atoms with E-state index in [1.807, 2.05) is 11.3 Å². The third-order valence-corrected chi connectivity index (χ3v) is 6.42. The molecule has 1 N–H and O–H groups in total. The molecule has 0 bridgehead atoms. The number of hydrogen-bond acceptors (Lipinski definition) is 2. The smallest absolute Gasteiger partial charge is 0.0141 e. The van der Waals surface area contributed by atoms with E-state index in [9.17, 15) is 0 Å². The van der Waals surface area contributed by atoms with Crippen LogP contribution >= 0.6 is 11.3 Å². The van der Waals surface area contributed by atoms with Crippen LogP contribution in [0.3, 0.4) is 0 Å². The molecule has 0 aromatic carbocycles. The fourth-order valence-electron chi connectivity index (χ4n) is 4.43. The van der Waals surface area contributed by atoms with Crippen LogP contribution in [0, 0.1) is 17.8 Å². The molecule has 106 valence electrons. The van der Waals surface area contributed by atoms with Crippen molar-refractivity contribution in [1.82, 2.24) is 5.32 Å². The maximum atomic E-state index is 3.61. The van der Waals surface area contributed by atoms with E-state index < -0.39 is 0 Å². The van der Waals surface area contributed by atoms with Crippen LogP contribution in [0.2, 0.25) is 0 Å². The molecule has 0 amide bonds. The Bertz CT molecular complexity index is 373. The number of fused-ring (bicyclic) bond motifs is 1. The molecule has 0 radical (unpaired) electrons. The zero-order valence-electron chi connectivity index (χ0n) is 12.1. The van der Waals surface area contributed by atoms with Crippen LogP contribution in [0.15, 0.2) is 17.5 Å². The molecule has 4 atom stereocenters. The Kier molecular flexibility index (Phi) is 4.60. The maximum Gasteiger partial charge on any atom is 0.0141 e. The number of thiophene rings is 1. The van der Waals surface area contributed by atoms with E-state index in [2.05, 4.69) is 29.9 Å². The van der Waals surface area contributed by atoms with Crippen molar-refractivity contribution in [2.45, 2.75) is 57.4 Å². The van der Waals surface area contributed by atoms with E-state index in [1.54, 1.807) is 4.88 Å². The number of rotatable bonds is 4. The molecule has 1 aromatic rings. The second-order valence-electron chi connectivity index (χ2n) is 6.56. The average molecular weight is 277 g/mol. The average Bonchev–Trinajstić information content (AvgIpc) is 2.97. The minimum Gasteiger partial charge on any atom is -0.316 e. The minimum atomic E-state index is 0.696. The zero-order chi connectivity index (χ0) is 13.1. The molecule has 19 heavy (non-hydrogen) atoms. The van der Waals surface area contributed by atoms with Gasteiger partial charge in [-0.05, 0) is 61.9 Å². The fourth-order valence-corrected chi connectivity index (χ4v) is 5.19. The monoisotopic (exact) mass is 277 g/mol. The Morgan fingerprint density at radius 2 is 2.05 bits per heavy atom. The Hall–Kier alpha value is -0.340. The van der Waals surface area contributed by atoms with E-state index in [0.29, 0.717) is 6.04 Å². The van der Waals surface area contributed by atoms with E-state index in [1.165, 1.54) is 51.4 Å². The Labute approximate surface area is 121 Å². The van der Waals surface area contributed by atoms with Gasteiger partial charge in [-0.3, -0.25) is 0 Å². The molecule has 0 spiro atoms.